The summed E-state index contributed by atoms with van der Waals surface area (Å²) >= 11 is 0. The molecule has 0 spiro atoms. The first-order chi connectivity index (χ1) is 18.8. The fourth-order valence-electron chi connectivity index (χ4n) is 6.35. The maximum atomic E-state index is 6.47. The molecule has 0 N–H and O–H groups in total. The lowest BCUT2D eigenvalue weighted by Crippen LogP contribution is -2.60. The Balaban J connectivity index is 1.43. The van der Waals surface area contributed by atoms with Gasteiger partial charge in [-0.2, -0.15) is 0 Å². The molecule has 0 saturated carbocycles. The number of benzene rings is 6. The summed E-state index contributed by atoms with van der Waals surface area (Å²) in [6, 6.07) is 45.7. The van der Waals surface area contributed by atoms with Crippen molar-refractivity contribution in [1.82, 2.24) is 0 Å². The van der Waals surface area contributed by atoms with Crippen LogP contribution < -0.4 is 26.0 Å². The van der Waals surface area contributed by atoms with Crippen LogP contribution in [0.2, 0.25) is 0 Å². The number of para-hydroxylation sites is 2. The maximum absolute atomic E-state index is 6.47. The van der Waals surface area contributed by atoms with Crippen LogP contribution in [0.15, 0.2) is 127 Å². The zero-order valence-electron chi connectivity index (χ0n) is 21.1. The van der Waals surface area contributed by atoms with Gasteiger partial charge in [0.2, 0.25) is 0 Å². The van der Waals surface area contributed by atoms with E-state index in [-0.39, 0.29) is 6.71 Å². The number of rotatable bonds is 2. The zero-order chi connectivity index (χ0) is 25.2. The van der Waals surface area contributed by atoms with Gasteiger partial charge in [-0.05, 0) is 87.7 Å². The zero-order valence-corrected chi connectivity index (χ0v) is 21.1. The summed E-state index contributed by atoms with van der Waals surface area (Å²) in [5, 5.41) is 2.52. The van der Waals surface area contributed by atoms with Crippen LogP contribution in [-0.2, 0) is 0 Å². The van der Waals surface area contributed by atoms with Gasteiger partial charge in [-0.3, -0.25) is 0 Å². The van der Waals surface area contributed by atoms with Gasteiger partial charge in [0.15, 0.2) is 0 Å². The number of aryl methyl sites for hydroxylation is 1. The summed E-state index contributed by atoms with van der Waals surface area (Å²) in [5.41, 5.74) is 11.1. The first-order valence-corrected chi connectivity index (χ1v) is 13.1. The van der Waals surface area contributed by atoms with Gasteiger partial charge >= 0.3 is 0 Å². The first-order valence-electron chi connectivity index (χ1n) is 13.1. The molecular formula is C35H24BNO. The summed E-state index contributed by atoms with van der Waals surface area (Å²) in [5.74, 6) is 1.88. The summed E-state index contributed by atoms with van der Waals surface area (Å²) in [6.07, 6.45) is 0. The van der Waals surface area contributed by atoms with Crippen LogP contribution in [0, 0.1) is 6.92 Å². The van der Waals surface area contributed by atoms with E-state index < -0.39 is 0 Å². The average Bonchev–Trinajstić information content (AvgIpc) is 2.97. The number of fused-ring (bicyclic) bond motifs is 5. The summed E-state index contributed by atoms with van der Waals surface area (Å²) in [7, 11) is 0. The molecule has 2 heterocycles. The minimum Gasteiger partial charge on any atom is -0.458 e. The fourth-order valence-corrected chi connectivity index (χ4v) is 6.35. The van der Waals surface area contributed by atoms with Gasteiger partial charge in [0, 0.05) is 17.1 Å². The van der Waals surface area contributed by atoms with E-state index in [2.05, 4.69) is 139 Å². The molecule has 2 aliphatic heterocycles. The van der Waals surface area contributed by atoms with Crippen LogP contribution in [0.1, 0.15) is 5.56 Å². The van der Waals surface area contributed by atoms with E-state index in [0.717, 1.165) is 17.2 Å². The smallest absolute Gasteiger partial charge is 0.256 e. The Kier molecular flexibility index (Phi) is 4.56. The second kappa shape index (κ2) is 8.12. The Labute approximate surface area is 222 Å². The van der Waals surface area contributed by atoms with Crippen LogP contribution >= 0.6 is 0 Å². The molecule has 0 aromatic heterocycles. The van der Waals surface area contributed by atoms with Crippen LogP contribution in [0.5, 0.6) is 11.5 Å². The van der Waals surface area contributed by atoms with Crippen LogP contribution in [0.3, 0.4) is 0 Å². The second-order valence-corrected chi connectivity index (χ2v) is 10.2. The summed E-state index contributed by atoms with van der Waals surface area (Å²) in [4.78, 5) is 2.42. The predicted octanol–water partition coefficient (Wildman–Crippen LogP) is 7.22. The molecule has 0 aliphatic carbocycles. The number of anilines is 3. The third kappa shape index (κ3) is 3.09. The van der Waals surface area contributed by atoms with E-state index in [1.165, 1.54) is 55.2 Å². The molecule has 0 saturated heterocycles. The van der Waals surface area contributed by atoms with E-state index >= 15 is 0 Å². The molecule has 178 valence electrons. The molecule has 0 atom stereocenters. The van der Waals surface area contributed by atoms with E-state index in [9.17, 15) is 0 Å². The van der Waals surface area contributed by atoms with Crippen LogP contribution in [0.25, 0.3) is 21.9 Å². The van der Waals surface area contributed by atoms with Crippen molar-refractivity contribution in [1.29, 1.82) is 0 Å². The SMILES string of the molecule is Cc1cc(-c2ccc3ccccc3c2)cc2c1B1c3ccccc3Oc3cccc(c31)N2c1ccccc1. The highest BCUT2D eigenvalue weighted by atomic mass is 16.5. The molecule has 0 radical (unpaired) electrons. The second-order valence-electron chi connectivity index (χ2n) is 10.2. The van der Waals surface area contributed by atoms with Gasteiger partial charge in [-0.1, -0.05) is 90.5 Å². The minimum atomic E-state index is 0.117. The lowest BCUT2D eigenvalue weighted by molar-refractivity contribution is 0.487. The summed E-state index contributed by atoms with van der Waals surface area (Å²) < 4.78 is 6.47. The molecule has 0 amide bonds. The van der Waals surface area contributed by atoms with Gasteiger partial charge in [-0.15, -0.1) is 0 Å². The van der Waals surface area contributed by atoms with Crippen molar-refractivity contribution >= 4 is 50.9 Å². The van der Waals surface area contributed by atoms with Crippen molar-refractivity contribution in [3.63, 3.8) is 0 Å². The van der Waals surface area contributed by atoms with Crippen molar-refractivity contribution in [2.24, 2.45) is 0 Å². The van der Waals surface area contributed by atoms with Gasteiger partial charge in [-0.25, -0.2) is 0 Å². The Morgan fingerprint density at radius 3 is 2.21 bits per heavy atom. The molecule has 2 aliphatic rings. The number of nitrogens with zero attached hydrogens (tertiary/aromatic N) is 1. The molecule has 6 aromatic carbocycles. The molecule has 6 aromatic rings. The average molecular weight is 485 g/mol. The van der Waals surface area contributed by atoms with Crippen molar-refractivity contribution < 1.29 is 4.74 Å². The predicted molar refractivity (Wildman–Crippen MR) is 160 cm³/mol. The normalized spacial score (nSPS) is 13.0. The van der Waals surface area contributed by atoms with Gasteiger partial charge in [0.05, 0.1) is 0 Å². The fraction of sp³-hybridized carbons (Fsp3) is 0.0286. The van der Waals surface area contributed by atoms with E-state index in [4.69, 9.17) is 4.74 Å². The van der Waals surface area contributed by atoms with Crippen LogP contribution in [0.4, 0.5) is 17.1 Å². The van der Waals surface area contributed by atoms with Crippen molar-refractivity contribution in [3.05, 3.63) is 133 Å². The molecular weight excluding hydrogens is 461 g/mol. The Hall–Kier alpha value is -4.76. The lowest BCUT2D eigenvalue weighted by Gasteiger charge is -2.41. The van der Waals surface area contributed by atoms with E-state index in [1.807, 2.05) is 0 Å². The van der Waals surface area contributed by atoms with Gasteiger partial charge < -0.3 is 9.64 Å². The Morgan fingerprint density at radius 2 is 1.32 bits per heavy atom. The topological polar surface area (TPSA) is 12.5 Å². The largest absolute Gasteiger partial charge is 0.458 e. The van der Waals surface area contributed by atoms with E-state index in [0.29, 0.717) is 0 Å². The monoisotopic (exact) mass is 485 g/mol. The molecule has 0 unspecified atom stereocenters. The molecule has 2 nitrogen and oxygen atoms in total. The highest BCUT2D eigenvalue weighted by Crippen LogP contribution is 2.42. The van der Waals surface area contributed by atoms with Crippen molar-refractivity contribution in [2.45, 2.75) is 6.92 Å². The maximum Gasteiger partial charge on any atom is 0.256 e. The standard InChI is InChI=1S/C35H24BNO/c1-23-20-27(26-19-18-24-10-5-6-11-25(24)21-26)22-31-34(23)36-29-14-7-8-16-32(29)38-33-17-9-15-30(35(33)36)37(31)28-12-3-2-4-13-28/h2-22H,1H3. The lowest BCUT2D eigenvalue weighted by atomic mass is 9.33. The third-order valence-electron chi connectivity index (χ3n) is 8.01. The molecule has 0 bridgehead atoms. The Morgan fingerprint density at radius 1 is 0.553 bits per heavy atom. The minimum absolute atomic E-state index is 0.117. The number of hydrogen-bond acceptors (Lipinski definition) is 2. The van der Waals surface area contributed by atoms with Crippen molar-refractivity contribution in [2.75, 3.05) is 4.90 Å². The highest BCUT2D eigenvalue weighted by molar-refractivity contribution is 6.99. The van der Waals surface area contributed by atoms with Crippen LogP contribution in [-0.4, -0.2) is 6.71 Å². The molecule has 3 heteroatoms. The van der Waals surface area contributed by atoms with Crippen molar-refractivity contribution in [3.8, 4) is 22.6 Å². The quantitative estimate of drug-likeness (QED) is 0.240. The number of ether oxygens (including phenoxy) is 1. The van der Waals surface area contributed by atoms with E-state index in [1.54, 1.807) is 0 Å². The highest BCUT2D eigenvalue weighted by Gasteiger charge is 2.42. The van der Waals surface area contributed by atoms with Gasteiger partial charge in [0.1, 0.15) is 11.5 Å². The molecule has 8 rings (SSSR count). The third-order valence-corrected chi connectivity index (χ3v) is 8.01. The summed E-state index contributed by atoms with van der Waals surface area (Å²) in [6.45, 7) is 2.38. The molecule has 0 fully saturated rings. The first kappa shape index (κ1) is 21.3. The Bertz CT molecular complexity index is 1880. The molecule has 38 heavy (non-hydrogen) atoms. The van der Waals surface area contributed by atoms with Gasteiger partial charge in [0.25, 0.3) is 6.71 Å². The number of hydrogen-bond donors (Lipinski definition) is 0.